The lowest BCUT2D eigenvalue weighted by atomic mass is 9.99. The van der Waals surface area contributed by atoms with E-state index in [1.807, 2.05) is 30.3 Å². The van der Waals surface area contributed by atoms with Crippen molar-refractivity contribution in [1.82, 2.24) is 10.2 Å². The van der Waals surface area contributed by atoms with Gasteiger partial charge in [-0.15, -0.1) is 10.2 Å². The van der Waals surface area contributed by atoms with Gasteiger partial charge in [-0.25, -0.2) is 0 Å². The lowest BCUT2D eigenvalue weighted by molar-refractivity contribution is 0.471. The zero-order chi connectivity index (χ0) is 9.80. The van der Waals surface area contributed by atoms with Gasteiger partial charge < -0.3 is 10.2 Å². The van der Waals surface area contributed by atoms with E-state index < -0.39 is 0 Å². The molecule has 1 unspecified atom stereocenters. The van der Waals surface area contributed by atoms with E-state index in [2.05, 4.69) is 10.2 Å². The number of nitrogens with zero attached hydrogens (tertiary/aromatic N) is 2. The summed E-state index contributed by atoms with van der Waals surface area (Å²) >= 11 is 0. The number of hydrogen-bond acceptors (Lipinski definition) is 4. The van der Waals surface area contributed by atoms with Gasteiger partial charge >= 0.3 is 0 Å². The molecule has 1 aromatic carbocycles. The van der Waals surface area contributed by atoms with Gasteiger partial charge in [0.15, 0.2) is 0 Å². The van der Waals surface area contributed by atoms with Crippen LogP contribution in [-0.2, 0) is 0 Å². The summed E-state index contributed by atoms with van der Waals surface area (Å²) in [5, 5.41) is 7.51. The minimum atomic E-state index is -0.00120. The molecule has 1 aromatic heterocycles. The minimum Gasteiger partial charge on any atom is -0.427 e. The molecular formula is C10H11N3O. The number of hydrogen-bond donors (Lipinski definition) is 1. The summed E-state index contributed by atoms with van der Waals surface area (Å²) in [6, 6.07) is 9.90. The maximum absolute atomic E-state index is 5.67. The zero-order valence-electron chi connectivity index (χ0n) is 7.63. The van der Waals surface area contributed by atoms with E-state index in [0.717, 1.165) is 5.56 Å². The SMILES string of the molecule is NCC(c1ccccc1)c1nnco1. The van der Waals surface area contributed by atoms with Crippen LogP contribution in [0.5, 0.6) is 0 Å². The van der Waals surface area contributed by atoms with E-state index in [4.69, 9.17) is 10.2 Å². The molecule has 0 saturated heterocycles. The fourth-order valence-corrected chi connectivity index (χ4v) is 1.40. The van der Waals surface area contributed by atoms with E-state index in [1.165, 1.54) is 6.39 Å². The largest absolute Gasteiger partial charge is 0.427 e. The molecule has 1 heterocycles. The monoisotopic (exact) mass is 189 g/mol. The molecule has 4 heteroatoms. The highest BCUT2D eigenvalue weighted by Crippen LogP contribution is 2.20. The Bertz CT molecular complexity index is 372. The molecule has 2 rings (SSSR count). The van der Waals surface area contributed by atoms with E-state index in [1.54, 1.807) is 0 Å². The van der Waals surface area contributed by atoms with Gasteiger partial charge in [0.05, 0.1) is 5.92 Å². The van der Waals surface area contributed by atoms with Crippen LogP contribution in [0.15, 0.2) is 41.1 Å². The van der Waals surface area contributed by atoms with Crippen LogP contribution in [0.3, 0.4) is 0 Å². The second-order valence-corrected chi connectivity index (χ2v) is 2.98. The Kier molecular flexibility index (Phi) is 2.55. The summed E-state index contributed by atoms with van der Waals surface area (Å²) in [4.78, 5) is 0. The Labute approximate surface area is 81.8 Å². The maximum Gasteiger partial charge on any atom is 0.224 e. The van der Waals surface area contributed by atoms with Gasteiger partial charge in [0.1, 0.15) is 0 Å². The minimum absolute atomic E-state index is 0.00120. The Balaban J connectivity index is 2.31. The molecule has 2 N–H and O–H groups in total. The maximum atomic E-state index is 5.67. The molecule has 0 aliphatic heterocycles. The molecule has 1 atom stereocenters. The smallest absolute Gasteiger partial charge is 0.224 e. The topological polar surface area (TPSA) is 64.9 Å². The zero-order valence-corrected chi connectivity index (χ0v) is 7.63. The molecule has 0 aliphatic carbocycles. The van der Waals surface area contributed by atoms with Gasteiger partial charge in [-0.05, 0) is 5.56 Å². The predicted octanol–water partition coefficient (Wildman–Crippen LogP) is 1.16. The Hall–Kier alpha value is -1.68. The first-order valence-corrected chi connectivity index (χ1v) is 4.43. The van der Waals surface area contributed by atoms with Crippen molar-refractivity contribution in [2.75, 3.05) is 6.54 Å². The Morgan fingerprint density at radius 2 is 2.07 bits per heavy atom. The second-order valence-electron chi connectivity index (χ2n) is 2.98. The molecule has 2 aromatic rings. The van der Waals surface area contributed by atoms with Crippen LogP contribution in [-0.4, -0.2) is 16.7 Å². The quantitative estimate of drug-likeness (QED) is 0.786. The summed E-state index contributed by atoms with van der Waals surface area (Å²) in [6.07, 6.45) is 1.32. The fraction of sp³-hybridized carbons (Fsp3) is 0.200. The second kappa shape index (κ2) is 4.02. The standard InChI is InChI=1S/C10H11N3O/c11-6-9(10-13-12-7-14-10)8-4-2-1-3-5-8/h1-5,7,9H,6,11H2. The molecule has 0 fully saturated rings. The highest BCUT2D eigenvalue weighted by atomic mass is 16.4. The van der Waals surface area contributed by atoms with Crippen LogP contribution in [0.2, 0.25) is 0 Å². The van der Waals surface area contributed by atoms with Crippen molar-refractivity contribution < 1.29 is 4.42 Å². The summed E-state index contributed by atoms with van der Waals surface area (Å²) in [6.45, 7) is 0.464. The third-order valence-electron chi connectivity index (χ3n) is 2.11. The number of rotatable bonds is 3. The lowest BCUT2D eigenvalue weighted by Gasteiger charge is -2.09. The molecule has 0 bridgehead atoms. The number of benzene rings is 1. The average Bonchev–Trinajstić information content (AvgIpc) is 2.74. The number of aromatic nitrogens is 2. The Morgan fingerprint density at radius 3 is 2.64 bits per heavy atom. The van der Waals surface area contributed by atoms with Gasteiger partial charge in [0.2, 0.25) is 12.3 Å². The highest BCUT2D eigenvalue weighted by Gasteiger charge is 2.16. The van der Waals surface area contributed by atoms with Crippen molar-refractivity contribution in [2.24, 2.45) is 5.73 Å². The van der Waals surface area contributed by atoms with Crippen molar-refractivity contribution in [3.63, 3.8) is 0 Å². The van der Waals surface area contributed by atoms with Gasteiger partial charge in [-0.1, -0.05) is 30.3 Å². The summed E-state index contributed by atoms with van der Waals surface area (Å²) in [5.41, 5.74) is 6.76. The fourth-order valence-electron chi connectivity index (χ4n) is 1.40. The van der Waals surface area contributed by atoms with E-state index in [0.29, 0.717) is 12.4 Å². The molecule has 0 spiro atoms. The summed E-state index contributed by atoms with van der Waals surface area (Å²) in [5.74, 6) is 0.567. The predicted molar refractivity (Wildman–Crippen MR) is 51.6 cm³/mol. The summed E-state index contributed by atoms with van der Waals surface area (Å²) in [7, 11) is 0. The van der Waals surface area contributed by atoms with Crippen LogP contribution in [0.1, 0.15) is 17.4 Å². The van der Waals surface area contributed by atoms with Crippen molar-refractivity contribution in [3.05, 3.63) is 48.2 Å². The van der Waals surface area contributed by atoms with Gasteiger partial charge in [-0.3, -0.25) is 0 Å². The first-order valence-electron chi connectivity index (χ1n) is 4.43. The molecular weight excluding hydrogens is 178 g/mol. The normalized spacial score (nSPS) is 12.6. The molecule has 0 amide bonds. The molecule has 14 heavy (non-hydrogen) atoms. The lowest BCUT2D eigenvalue weighted by Crippen LogP contribution is -2.14. The highest BCUT2D eigenvalue weighted by molar-refractivity contribution is 5.24. The van der Waals surface area contributed by atoms with E-state index in [9.17, 15) is 0 Å². The van der Waals surface area contributed by atoms with Crippen LogP contribution in [0, 0.1) is 0 Å². The van der Waals surface area contributed by atoms with Crippen molar-refractivity contribution in [3.8, 4) is 0 Å². The number of nitrogens with two attached hydrogens (primary N) is 1. The van der Waals surface area contributed by atoms with Gasteiger partial charge in [0.25, 0.3) is 0 Å². The van der Waals surface area contributed by atoms with Crippen molar-refractivity contribution in [1.29, 1.82) is 0 Å². The Morgan fingerprint density at radius 1 is 1.29 bits per heavy atom. The first-order chi connectivity index (χ1) is 6.92. The van der Waals surface area contributed by atoms with Crippen LogP contribution < -0.4 is 5.73 Å². The third-order valence-corrected chi connectivity index (χ3v) is 2.11. The average molecular weight is 189 g/mol. The van der Waals surface area contributed by atoms with Crippen LogP contribution in [0.4, 0.5) is 0 Å². The summed E-state index contributed by atoms with van der Waals surface area (Å²) < 4.78 is 5.14. The first kappa shape index (κ1) is 8.90. The third kappa shape index (κ3) is 1.65. The molecule has 0 aliphatic rings. The van der Waals surface area contributed by atoms with Crippen LogP contribution >= 0.6 is 0 Å². The molecule has 0 radical (unpaired) electrons. The van der Waals surface area contributed by atoms with E-state index >= 15 is 0 Å². The van der Waals surface area contributed by atoms with Crippen molar-refractivity contribution in [2.45, 2.75) is 5.92 Å². The molecule has 0 saturated carbocycles. The molecule has 4 nitrogen and oxygen atoms in total. The van der Waals surface area contributed by atoms with Gasteiger partial charge in [-0.2, -0.15) is 0 Å². The van der Waals surface area contributed by atoms with E-state index in [-0.39, 0.29) is 5.92 Å². The molecule has 72 valence electrons. The van der Waals surface area contributed by atoms with Crippen LogP contribution in [0.25, 0.3) is 0 Å². The van der Waals surface area contributed by atoms with Crippen molar-refractivity contribution >= 4 is 0 Å². The van der Waals surface area contributed by atoms with Gasteiger partial charge in [0, 0.05) is 6.54 Å².